The van der Waals surface area contributed by atoms with Gasteiger partial charge >= 0.3 is 26.2 Å². The molecule has 0 saturated carbocycles. The fourth-order valence-corrected chi connectivity index (χ4v) is 5.72. The standard InChI is InChI=1S/C24H22N2O12S2/c27-24(37-18-10-2-1-3-11-18)21(38-40(34,35)23-16-7-5-13-20(23)26(30)31)14-8-9-17-36-39(32,33)22-15-6-4-12-19(22)25(28)29/h1-7,10-13,15-16,21H,8-9,14,17H2. The molecule has 0 heterocycles. The van der Waals surface area contributed by atoms with Crippen molar-refractivity contribution in [1.82, 2.24) is 0 Å². The van der Waals surface area contributed by atoms with Crippen LogP contribution in [0.15, 0.2) is 88.7 Å². The van der Waals surface area contributed by atoms with Crippen molar-refractivity contribution in [1.29, 1.82) is 0 Å². The highest BCUT2D eigenvalue weighted by atomic mass is 32.2. The summed E-state index contributed by atoms with van der Waals surface area (Å²) >= 11 is 0. The van der Waals surface area contributed by atoms with Gasteiger partial charge in [-0.2, -0.15) is 16.8 Å². The second kappa shape index (κ2) is 13.2. The number of benzene rings is 3. The van der Waals surface area contributed by atoms with Gasteiger partial charge in [0.2, 0.25) is 0 Å². The van der Waals surface area contributed by atoms with Crippen LogP contribution in [-0.4, -0.2) is 45.4 Å². The molecular weight excluding hydrogens is 572 g/mol. The van der Waals surface area contributed by atoms with Crippen molar-refractivity contribution in [3.63, 3.8) is 0 Å². The molecule has 3 rings (SSSR count). The first-order valence-electron chi connectivity index (χ1n) is 11.5. The van der Waals surface area contributed by atoms with Gasteiger partial charge in [-0.05, 0) is 43.5 Å². The minimum absolute atomic E-state index is 0.0205. The van der Waals surface area contributed by atoms with Crippen molar-refractivity contribution in [3.8, 4) is 5.75 Å². The molecule has 0 amide bonds. The number of hydrogen-bond acceptors (Lipinski definition) is 12. The van der Waals surface area contributed by atoms with Gasteiger partial charge in [-0.15, -0.1) is 0 Å². The molecular formula is C24H22N2O12S2. The van der Waals surface area contributed by atoms with Gasteiger partial charge in [0.25, 0.3) is 11.4 Å². The second-order valence-corrected chi connectivity index (χ2v) is 11.1. The summed E-state index contributed by atoms with van der Waals surface area (Å²) in [6.45, 7) is -0.453. The Hall–Kier alpha value is -4.25. The maximum atomic E-state index is 12.9. The molecule has 0 bridgehead atoms. The maximum absolute atomic E-state index is 12.9. The van der Waals surface area contributed by atoms with E-state index in [0.717, 1.165) is 24.3 Å². The average Bonchev–Trinajstić information content (AvgIpc) is 2.92. The molecule has 0 aromatic heterocycles. The number of nitro groups is 2. The Morgan fingerprint density at radius 2 is 1.23 bits per heavy atom. The number of carbonyl (C=O) groups is 1. The van der Waals surface area contributed by atoms with Gasteiger partial charge in [-0.1, -0.05) is 42.5 Å². The minimum atomic E-state index is -4.82. The molecule has 3 aromatic carbocycles. The molecule has 1 atom stereocenters. The zero-order valence-corrected chi connectivity index (χ0v) is 22.2. The van der Waals surface area contributed by atoms with E-state index in [1.165, 1.54) is 36.4 Å². The number of carbonyl (C=O) groups excluding carboxylic acids is 1. The maximum Gasteiger partial charge on any atom is 0.342 e. The van der Waals surface area contributed by atoms with E-state index >= 15 is 0 Å². The zero-order chi connectivity index (χ0) is 29.3. The van der Waals surface area contributed by atoms with Crippen molar-refractivity contribution in [2.75, 3.05) is 6.61 Å². The van der Waals surface area contributed by atoms with E-state index in [9.17, 15) is 41.9 Å². The van der Waals surface area contributed by atoms with Crippen molar-refractivity contribution in [2.24, 2.45) is 0 Å². The first-order valence-corrected chi connectivity index (χ1v) is 14.3. The molecule has 0 aliphatic rings. The van der Waals surface area contributed by atoms with E-state index in [1.54, 1.807) is 18.2 Å². The number of unbranched alkanes of at least 4 members (excludes halogenated alkanes) is 1. The smallest absolute Gasteiger partial charge is 0.342 e. The summed E-state index contributed by atoms with van der Waals surface area (Å²) in [5, 5.41) is 22.4. The number of nitro benzene ring substituents is 2. The summed E-state index contributed by atoms with van der Waals surface area (Å²) < 4.78 is 65.8. The molecule has 40 heavy (non-hydrogen) atoms. The molecule has 0 aliphatic heterocycles. The van der Waals surface area contributed by atoms with Crippen LogP contribution in [0.25, 0.3) is 0 Å². The monoisotopic (exact) mass is 594 g/mol. The van der Waals surface area contributed by atoms with Crippen LogP contribution in [0.2, 0.25) is 0 Å². The van der Waals surface area contributed by atoms with E-state index in [2.05, 4.69) is 0 Å². The van der Waals surface area contributed by atoms with Gasteiger partial charge in [0.05, 0.1) is 16.5 Å². The lowest BCUT2D eigenvalue weighted by atomic mass is 10.1. The second-order valence-electron chi connectivity index (χ2n) is 7.99. The SMILES string of the molecule is O=C(Oc1ccccc1)C(CCCCOS(=O)(=O)c1ccccc1[N+](=O)[O-])OS(=O)(=O)c1ccccc1[N+](=O)[O-]. The lowest BCUT2D eigenvalue weighted by molar-refractivity contribution is -0.388. The lowest BCUT2D eigenvalue weighted by Crippen LogP contribution is -2.31. The highest BCUT2D eigenvalue weighted by molar-refractivity contribution is 7.87. The van der Waals surface area contributed by atoms with Crippen molar-refractivity contribution >= 4 is 37.6 Å². The fraction of sp³-hybridized carbons (Fsp3) is 0.208. The predicted octanol–water partition coefficient (Wildman–Crippen LogP) is 3.76. The molecule has 16 heteroatoms. The van der Waals surface area contributed by atoms with E-state index in [-0.39, 0.29) is 25.0 Å². The molecule has 0 aliphatic carbocycles. The Bertz CT molecular complexity index is 1590. The predicted molar refractivity (Wildman–Crippen MR) is 137 cm³/mol. The van der Waals surface area contributed by atoms with Crippen LogP contribution in [-0.2, 0) is 33.4 Å². The highest BCUT2D eigenvalue weighted by Gasteiger charge is 2.33. The molecule has 0 fully saturated rings. The van der Waals surface area contributed by atoms with Crippen LogP contribution >= 0.6 is 0 Å². The number of para-hydroxylation sites is 3. The average molecular weight is 595 g/mol. The van der Waals surface area contributed by atoms with Gasteiger partial charge in [0.15, 0.2) is 15.9 Å². The van der Waals surface area contributed by atoms with E-state index < -0.39 is 69.9 Å². The molecule has 14 nitrogen and oxygen atoms in total. The van der Waals surface area contributed by atoms with E-state index in [1.807, 2.05) is 0 Å². The summed E-state index contributed by atoms with van der Waals surface area (Å²) in [5.41, 5.74) is -1.42. The highest BCUT2D eigenvalue weighted by Crippen LogP contribution is 2.28. The van der Waals surface area contributed by atoms with Crippen molar-refractivity contribution < 1.29 is 44.6 Å². The van der Waals surface area contributed by atoms with E-state index in [4.69, 9.17) is 13.1 Å². The first-order chi connectivity index (χ1) is 18.9. The Morgan fingerprint density at radius 3 is 1.77 bits per heavy atom. The summed E-state index contributed by atoms with van der Waals surface area (Å²) in [7, 11) is -9.32. The van der Waals surface area contributed by atoms with Crippen LogP contribution < -0.4 is 4.74 Å². The molecule has 0 N–H and O–H groups in total. The van der Waals surface area contributed by atoms with Gasteiger partial charge < -0.3 is 4.74 Å². The number of ether oxygens (including phenoxy) is 1. The Kier molecular flexibility index (Phi) is 10.0. The van der Waals surface area contributed by atoms with Gasteiger partial charge in [-0.25, -0.2) is 4.79 Å². The first kappa shape index (κ1) is 30.3. The van der Waals surface area contributed by atoms with Crippen LogP contribution in [0.4, 0.5) is 11.4 Å². The Labute approximate surface area is 228 Å². The molecule has 0 spiro atoms. The largest absolute Gasteiger partial charge is 0.425 e. The third-order valence-electron chi connectivity index (χ3n) is 5.23. The number of rotatable bonds is 14. The topological polar surface area (TPSA) is 199 Å². The normalized spacial score (nSPS) is 12.4. The van der Waals surface area contributed by atoms with Crippen LogP contribution in [0.3, 0.4) is 0 Å². The Balaban J connectivity index is 1.72. The molecule has 3 aromatic rings. The van der Waals surface area contributed by atoms with Crippen LogP contribution in [0.1, 0.15) is 19.3 Å². The summed E-state index contributed by atoms with van der Waals surface area (Å²) in [5.74, 6) is -1.02. The summed E-state index contributed by atoms with van der Waals surface area (Å²) in [6.07, 6.45) is -2.12. The molecule has 1 unspecified atom stereocenters. The van der Waals surface area contributed by atoms with Gasteiger partial charge in [0.1, 0.15) is 5.75 Å². The van der Waals surface area contributed by atoms with Crippen LogP contribution in [0, 0.1) is 20.2 Å². The van der Waals surface area contributed by atoms with Gasteiger partial charge in [0, 0.05) is 12.1 Å². The zero-order valence-electron chi connectivity index (χ0n) is 20.5. The van der Waals surface area contributed by atoms with Gasteiger partial charge in [-0.3, -0.25) is 28.6 Å². The summed E-state index contributed by atoms with van der Waals surface area (Å²) in [4.78, 5) is 32.1. The lowest BCUT2D eigenvalue weighted by Gasteiger charge is -2.16. The molecule has 0 radical (unpaired) electrons. The molecule has 0 saturated heterocycles. The molecule has 212 valence electrons. The van der Waals surface area contributed by atoms with Crippen molar-refractivity contribution in [2.45, 2.75) is 35.2 Å². The summed E-state index contributed by atoms with van der Waals surface area (Å²) in [6, 6.07) is 16.7. The minimum Gasteiger partial charge on any atom is -0.425 e. The quantitative estimate of drug-likeness (QED) is 0.0654. The van der Waals surface area contributed by atoms with Crippen molar-refractivity contribution in [3.05, 3.63) is 99.1 Å². The number of hydrogen-bond donors (Lipinski definition) is 0. The third kappa shape index (κ3) is 7.89. The Morgan fingerprint density at radius 1 is 0.725 bits per heavy atom. The van der Waals surface area contributed by atoms with E-state index in [0.29, 0.717) is 0 Å². The third-order valence-corrected chi connectivity index (χ3v) is 7.96. The van der Waals surface area contributed by atoms with Crippen LogP contribution in [0.5, 0.6) is 5.75 Å². The number of esters is 1. The fourth-order valence-electron chi connectivity index (χ4n) is 3.38. The number of nitrogens with zero attached hydrogens (tertiary/aromatic N) is 2.